The highest BCUT2D eigenvalue weighted by Gasteiger charge is 2.24. The zero-order chi connectivity index (χ0) is 15.0. The first-order valence-corrected chi connectivity index (χ1v) is 9.37. The van der Waals surface area contributed by atoms with E-state index in [-0.39, 0.29) is 19.1 Å². The molecule has 1 atom stereocenters. The van der Waals surface area contributed by atoms with Gasteiger partial charge in [0.15, 0.2) is 0 Å². The molecule has 21 heavy (non-hydrogen) atoms. The summed E-state index contributed by atoms with van der Waals surface area (Å²) in [6, 6.07) is 18.8. The molecular weight excluding hydrogens is 306 g/mol. The smallest absolute Gasteiger partial charge is 0.303 e. The van der Waals surface area contributed by atoms with E-state index in [1.165, 1.54) is 0 Å². The van der Waals surface area contributed by atoms with Crippen molar-refractivity contribution < 1.29 is 18.2 Å². The van der Waals surface area contributed by atoms with Crippen molar-refractivity contribution in [3.8, 4) is 0 Å². The predicted octanol–water partition coefficient (Wildman–Crippen LogP) is 4.59. The Labute approximate surface area is 125 Å². The highest BCUT2D eigenvalue weighted by molar-refractivity contribution is 7.62. The highest BCUT2D eigenvalue weighted by Crippen LogP contribution is 2.52. The van der Waals surface area contributed by atoms with Crippen LogP contribution in [0.25, 0.3) is 0 Å². The zero-order valence-electron chi connectivity index (χ0n) is 11.5. The van der Waals surface area contributed by atoms with Crippen molar-refractivity contribution in [1.82, 2.24) is 0 Å². The van der Waals surface area contributed by atoms with E-state index in [1.807, 2.05) is 60.7 Å². The molecule has 0 aliphatic rings. The van der Waals surface area contributed by atoms with Crippen LogP contribution in [0.1, 0.15) is 11.1 Å². The van der Waals surface area contributed by atoms with Crippen molar-refractivity contribution in [2.24, 2.45) is 0 Å². The SMILES string of the molecule is O=[PH]CP(=O)(OCc1ccccc1)OCc1ccccc1. The summed E-state index contributed by atoms with van der Waals surface area (Å²) in [5, 5.41) is 0. The molecule has 0 amide bonds. The van der Waals surface area contributed by atoms with E-state index in [2.05, 4.69) is 0 Å². The molecule has 0 aliphatic heterocycles. The van der Waals surface area contributed by atoms with Crippen LogP contribution >= 0.6 is 16.1 Å². The monoisotopic (exact) mass is 323 g/mol. The second kappa shape index (κ2) is 8.21. The van der Waals surface area contributed by atoms with Crippen molar-refractivity contribution in [1.29, 1.82) is 0 Å². The summed E-state index contributed by atoms with van der Waals surface area (Å²) in [4.78, 5) is 0. The zero-order valence-corrected chi connectivity index (χ0v) is 13.4. The molecule has 4 nitrogen and oxygen atoms in total. The van der Waals surface area contributed by atoms with Crippen molar-refractivity contribution in [3.05, 3.63) is 71.8 Å². The van der Waals surface area contributed by atoms with Crippen molar-refractivity contribution in [2.45, 2.75) is 13.2 Å². The summed E-state index contributed by atoms with van der Waals surface area (Å²) in [5.41, 5.74) is 1.80. The Balaban J connectivity index is 1.95. The van der Waals surface area contributed by atoms with Gasteiger partial charge in [-0.2, -0.15) is 0 Å². The quantitative estimate of drug-likeness (QED) is 0.667. The maximum atomic E-state index is 12.5. The standard InChI is InChI=1S/C15H17O4P2/c16-20-13-21(17,18-11-14-7-3-1-4-8-14)19-12-15-9-5-2-6-10-15/h1-10,20H,11-13H2. The Morgan fingerprint density at radius 2 is 1.24 bits per heavy atom. The van der Waals surface area contributed by atoms with E-state index in [4.69, 9.17) is 9.05 Å². The first-order valence-electron chi connectivity index (χ1n) is 6.53. The molecule has 0 saturated heterocycles. The highest BCUT2D eigenvalue weighted by atomic mass is 31.2. The Morgan fingerprint density at radius 3 is 1.62 bits per heavy atom. The van der Waals surface area contributed by atoms with Gasteiger partial charge in [0.25, 0.3) is 0 Å². The van der Waals surface area contributed by atoms with Gasteiger partial charge in [-0.25, -0.2) is 0 Å². The molecule has 2 rings (SSSR count). The molecule has 0 heterocycles. The van der Waals surface area contributed by atoms with Crippen LogP contribution in [0.5, 0.6) is 0 Å². The van der Waals surface area contributed by atoms with Crippen LogP contribution in [-0.4, -0.2) is 5.90 Å². The Morgan fingerprint density at radius 1 is 0.810 bits per heavy atom. The van der Waals surface area contributed by atoms with Crippen LogP contribution in [0.4, 0.5) is 0 Å². The lowest BCUT2D eigenvalue weighted by atomic mass is 10.2. The third-order valence-electron chi connectivity index (χ3n) is 2.80. The molecular formula is C15H17O4P2. The number of benzene rings is 2. The summed E-state index contributed by atoms with van der Waals surface area (Å²) < 4.78 is 34.2. The molecule has 6 heteroatoms. The van der Waals surface area contributed by atoms with Gasteiger partial charge in [0.1, 0.15) is 5.90 Å². The number of hydrogen-bond donors (Lipinski definition) is 0. The molecule has 1 radical (unpaired) electrons. The van der Waals surface area contributed by atoms with Gasteiger partial charge >= 0.3 is 7.60 Å². The molecule has 0 fully saturated rings. The molecule has 2 aromatic carbocycles. The molecule has 0 aromatic heterocycles. The number of rotatable bonds is 8. The predicted molar refractivity (Wildman–Crippen MR) is 83.9 cm³/mol. The van der Waals surface area contributed by atoms with Gasteiger partial charge in [-0.3, -0.25) is 9.13 Å². The summed E-state index contributed by atoms with van der Waals surface area (Å²) in [6.45, 7) is 0.356. The maximum absolute atomic E-state index is 12.5. The van der Waals surface area contributed by atoms with E-state index >= 15 is 0 Å². The molecule has 0 spiro atoms. The minimum atomic E-state index is -3.35. The van der Waals surface area contributed by atoms with Gasteiger partial charge in [0.05, 0.1) is 21.7 Å². The summed E-state index contributed by atoms with van der Waals surface area (Å²) in [5.74, 6) is -0.0906. The Bertz CT molecular complexity index is 554. The molecule has 1 unspecified atom stereocenters. The summed E-state index contributed by atoms with van der Waals surface area (Å²) >= 11 is 0. The van der Waals surface area contributed by atoms with E-state index in [0.29, 0.717) is 0 Å². The summed E-state index contributed by atoms with van der Waals surface area (Å²) in [6.07, 6.45) is 0. The Hall–Kier alpha value is -1.31. The average molecular weight is 323 g/mol. The van der Waals surface area contributed by atoms with Crippen LogP contribution in [0.2, 0.25) is 0 Å². The summed E-state index contributed by atoms with van der Waals surface area (Å²) in [7, 11) is -4.07. The fraction of sp³-hybridized carbons (Fsp3) is 0.200. The fourth-order valence-corrected chi connectivity index (χ4v) is 3.83. The minimum Gasteiger partial charge on any atom is -0.303 e. The molecule has 2 aromatic rings. The van der Waals surface area contributed by atoms with E-state index in [1.54, 1.807) is 0 Å². The van der Waals surface area contributed by atoms with Gasteiger partial charge in [0, 0.05) is 0 Å². The van der Waals surface area contributed by atoms with E-state index in [9.17, 15) is 9.13 Å². The van der Waals surface area contributed by atoms with Crippen molar-refractivity contribution in [2.75, 3.05) is 5.90 Å². The maximum Gasteiger partial charge on any atom is 0.341 e. The van der Waals surface area contributed by atoms with Crippen LogP contribution < -0.4 is 0 Å². The van der Waals surface area contributed by atoms with Crippen molar-refractivity contribution >= 4 is 16.1 Å². The molecule has 0 N–H and O–H groups in total. The third kappa shape index (κ3) is 5.53. The van der Waals surface area contributed by atoms with E-state index < -0.39 is 16.1 Å². The van der Waals surface area contributed by atoms with Gasteiger partial charge in [-0.1, -0.05) is 60.7 Å². The van der Waals surface area contributed by atoms with Gasteiger partial charge in [-0.05, 0) is 11.1 Å². The molecule has 111 valence electrons. The van der Waals surface area contributed by atoms with Crippen molar-refractivity contribution in [3.63, 3.8) is 0 Å². The topological polar surface area (TPSA) is 52.6 Å². The minimum absolute atomic E-state index is 0.0906. The van der Waals surface area contributed by atoms with Crippen LogP contribution in [0.3, 0.4) is 0 Å². The van der Waals surface area contributed by atoms with Crippen LogP contribution in [0.15, 0.2) is 60.7 Å². The first kappa shape index (κ1) is 16.1. The first-order chi connectivity index (χ1) is 10.2. The van der Waals surface area contributed by atoms with E-state index in [0.717, 1.165) is 11.1 Å². The van der Waals surface area contributed by atoms with Crippen LogP contribution in [0, 0.1) is 0 Å². The van der Waals surface area contributed by atoms with Crippen LogP contribution in [-0.2, 0) is 31.4 Å². The number of hydrogen-bond acceptors (Lipinski definition) is 4. The third-order valence-corrected chi connectivity index (χ3v) is 5.91. The second-order valence-corrected chi connectivity index (χ2v) is 7.72. The fourth-order valence-electron chi connectivity index (χ4n) is 1.70. The van der Waals surface area contributed by atoms with Gasteiger partial charge in [-0.15, -0.1) is 0 Å². The lowest BCUT2D eigenvalue weighted by molar-refractivity contribution is 0.194. The largest absolute Gasteiger partial charge is 0.341 e. The lowest BCUT2D eigenvalue weighted by Crippen LogP contribution is -1.98. The lowest BCUT2D eigenvalue weighted by Gasteiger charge is -2.16. The second-order valence-electron chi connectivity index (χ2n) is 4.43. The van der Waals surface area contributed by atoms with Gasteiger partial charge in [0.2, 0.25) is 0 Å². The molecule has 0 bridgehead atoms. The average Bonchev–Trinajstić information content (AvgIpc) is 2.54. The normalized spacial score (nSPS) is 11.6. The molecule has 0 aliphatic carbocycles. The molecule has 0 saturated carbocycles. The Kier molecular flexibility index (Phi) is 6.28. The van der Waals surface area contributed by atoms with Gasteiger partial charge < -0.3 is 9.05 Å².